The van der Waals surface area contributed by atoms with Crippen LogP contribution in [0.15, 0.2) is 97.3 Å². The summed E-state index contributed by atoms with van der Waals surface area (Å²) in [5.41, 5.74) is 1.42. The molecule has 0 aliphatic carbocycles. The van der Waals surface area contributed by atoms with Crippen LogP contribution in [0, 0.1) is 0 Å². The van der Waals surface area contributed by atoms with Gasteiger partial charge in [0.15, 0.2) is 5.82 Å². The number of hydrogen-bond donors (Lipinski definition) is 2. The van der Waals surface area contributed by atoms with Gasteiger partial charge in [0.1, 0.15) is 17.7 Å². The smallest absolute Gasteiger partial charge is 0.416 e. The van der Waals surface area contributed by atoms with Gasteiger partial charge in [0.25, 0.3) is 0 Å². The first kappa shape index (κ1) is 27.7. The first-order chi connectivity index (χ1) is 19.8. The predicted octanol–water partition coefficient (Wildman–Crippen LogP) is 7.08. The molecule has 0 saturated carbocycles. The molecule has 1 fully saturated rings. The van der Waals surface area contributed by atoms with Gasteiger partial charge < -0.3 is 19.7 Å². The van der Waals surface area contributed by atoms with Crippen molar-refractivity contribution in [2.75, 3.05) is 18.0 Å². The van der Waals surface area contributed by atoms with Gasteiger partial charge in [-0.15, -0.1) is 0 Å². The van der Waals surface area contributed by atoms with Crippen molar-refractivity contribution in [1.82, 2.24) is 15.0 Å². The van der Waals surface area contributed by atoms with E-state index in [1.54, 1.807) is 0 Å². The SMILES string of the molecule is FC(F)(F)c1ccc(OC2CCN(c3cc4ccccc4[nH]3)CC2)cc1.O=C(O)c1cnc(-c2ccccc2)nc1. The number of nitrogens with zero attached hydrogens (tertiary/aromatic N) is 3. The molecular formula is C31H27F3N4O3. The van der Waals surface area contributed by atoms with Crippen molar-refractivity contribution in [1.29, 1.82) is 0 Å². The summed E-state index contributed by atoms with van der Waals surface area (Å²) >= 11 is 0. The van der Waals surface area contributed by atoms with E-state index in [0.29, 0.717) is 11.6 Å². The van der Waals surface area contributed by atoms with Crippen molar-refractivity contribution in [2.24, 2.45) is 0 Å². The number of para-hydroxylation sites is 1. The molecule has 1 aliphatic heterocycles. The summed E-state index contributed by atoms with van der Waals surface area (Å²) in [7, 11) is 0. The lowest BCUT2D eigenvalue weighted by atomic mass is 10.1. The molecule has 210 valence electrons. The average Bonchev–Trinajstić information content (AvgIpc) is 3.43. The van der Waals surface area contributed by atoms with Crippen LogP contribution in [0.1, 0.15) is 28.8 Å². The minimum atomic E-state index is -4.32. The van der Waals surface area contributed by atoms with Gasteiger partial charge in [0, 0.05) is 54.8 Å². The highest BCUT2D eigenvalue weighted by Gasteiger charge is 2.30. The van der Waals surface area contributed by atoms with Crippen LogP contribution in [0.2, 0.25) is 0 Å². The van der Waals surface area contributed by atoms with Crippen molar-refractivity contribution < 1.29 is 27.8 Å². The van der Waals surface area contributed by atoms with E-state index in [4.69, 9.17) is 9.84 Å². The number of carboxylic acids is 1. The molecule has 2 aromatic heterocycles. The molecular weight excluding hydrogens is 533 g/mol. The molecule has 0 bridgehead atoms. The zero-order chi connectivity index (χ0) is 28.8. The predicted molar refractivity (Wildman–Crippen MR) is 150 cm³/mol. The van der Waals surface area contributed by atoms with Crippen molar-refractivity contribution >= 4 is 22.7 Å². The monoisotopic (exact) mass is 560 g/mol. The molecule has 1 aliphatic rings. The molecule has 3 heterocycles. The minimum absolute atomic E-state index is 0.0207. The molecule has 0 spiro atoms. The van der Waals surface area contributed by atoms with E-state index < -0.39 is 17.7 Å². The second kappa shape index (κ2) is 12.1. The third-order valence-electron chi connectivity index (χ3n) is 6.71. The van der Waals surface area contributed by atoms with Crippen LogP contribution < -0.4 is 9.64 Å². The normalized spacial score (nSPS) is 13.9. The topological polar surface area (TPSA) is 91.3 Å². The van der Waals surface area contributed by atoms with Gasteiger partial charge in [-0.2, -0.15) is 13.2 Å². The fraction of sp³-hybridized carbons (Fsp3) is 0.194. The highest BCUT2D eigenvalue weighted by Crippen LogP contribution is 2.31. The Morgan fingerprint density at radius 2 is 1.54 bits per heavy atom. The van der Waals surface area contributed by atoms with Gasteiger partial charge in [0.05, 0.1) is 11.1 Å². The van der Waals surface area contributed by atoms with Crippen molar-refractivity contribution in [3.05, 3.63) is 108 Å². The number of aromatic carboxylic acids is 1. The lowest BCUT2D eigenvalue weighted by Crippen LogP contribution is -2.38. The highest BCUT2D eigenvalue weighted by atomic mass is 19.4. The Labute approximate surface area is 234 Å². The molecule has 10 heteroatoms. The molecule has 2 N–H and O–H groups in total. The largest absolute Gasteiger partial charge is 0.490 e. The van der Waals surface area contributed by atoms with Gasteiger partial charge >= 0.3 is 12.1 Å². The molecule has 1 saturated heterocycles. The molecule has 0 radical (unpaired) electrons. The maximum atomic E-state index is 12.6. The summed E-state index contributed by atoms with van der Waals surface area (Å²) in [5.74, 6) is 1.09. The van der Waals surface area contributed by atoms with Crippen molar-refractivity contribution in [2.45, 2.75) is 25.1 Å². The number of hydrogen-bond acceptors (Lipinski definition) is 5. The van der Waals surface area contributed by atoms with Crippen LogP contribution in [-0.4, -0.2) is 45.2 Å². The zero-order valence-corrected chi connectivity index (χ0v) is 21.9. The van der Waals surface area contributed by atoms with Crippen LogP contribution in [0.3, 0.4) is 0 Å². The van der Waals surface area contributed by atoms with Crippen LogP contribution in [0.4, 0.5) is 19.0 Å². The number of anilines is 1. The summed E-state index contributed by atoms with van der Waals surface area (Å²) in [5, 5.41) is 9.85. The molecule has 5 aromatic rings. The molecule has 0 amide bonds. The van der Waals surface area contributed by atoms with E-state index in [-0.39, 0.29) is 11.7 Å². The molecule has 0 atom stereocenters. The van der Waals surface area contributed by atoms with E-state index in [1.165, 1.54) is 29.9 Å². The van der Waals surface area contributed by atoms with Gasteiger partial charge in [-0.3, -0.25) is 0 Å². The summed E-state index contributed by atoms with van der Waals surface area (Å²) in [6, 6.07) is 24.6. The number of aromatic amines is 1. The number of benzene rings is 3. The number of halogens is 3. The van der Waals surface area contributed by atoms with E-state index in [9.17, 15) is 18.0 Å². The Morgan fingerprint density at radius 1 is 0.902 bits per heavy atom. The van der Waals surface area contributed by atoms with Gasteiger partial charge in [0.2, 0.25) is 0 Å². The Bertz CT molecular complexity index is 1550. The number of carbonyl (C=O) groups is 1. The van der Waals surface area contributed by atoms with E-state index in [2.05, 4.69) is 38.1 Å². The molecule has 6 rings (SSSR count). The van der Waals surface area contributed by atoms with Gasteiger partial charge in [-0.1, -0.05) is 48.5 Å². The molecule has 0 unspecified atom stereocenters. The van der Waals surface area contributed by atoms with Crippen LogP contribution in [0.25, 0.3) is 22.3 Å². The fourth-order valence-corrected chi connectivity index (χ4v) is 4.53. The number of piperidine rings is 1. The first-order valence-electron chi connectivity index (χ1n) is 13.0. The lowest BCUT2D eigenvalue weighted by molar-refractivity contribution is -0.137. The quantitative estimate of drug-likeness (QED) is 0.239. The summed E-state index contributed by atoms with van der Waals surface area (Å²) in [4.78, 5) is 24.2. The van der Waals surface area contributed by atoms with E-state index in [0.717, 1.165) is 55.0 Å². The Hall–Kier alpha value is -4.86. The lowest BCUT2D eigenvalue weighted by Gasteiger charge is -2.32. The number of fused-ring (bicyclic) bond motifs is 1. The minimum Gasteiger partial charge on any atom is -0.490 e. The number of H-pyrrole nitrogens is 1. The molecule has 41 heavy (non-hydrogen) atoms. The summed E-state index contributed by atoms with van der Waals surface area (Å²) < 4.78 is 43.7. The van der Waals surface area contributed by atoms with Gasteiger partial charge in [-0.25, -0.2) is 14.8 Å². The number of carboxylic acid groups (broad SMARTS) is 1. The van der Waals surface area contributed by atoms with Crippen molar-refractivity contribution in [3.8, 4) is 17.1 Å². The number of rotatable bonds is 5. The second-order valence-electron chi connectivity index (χ2n) is 9.53. The van der Waals surface area contributed by atoms with Crippen LogP contribution in [-0.2, 0) is 6.18 Å². The highest BCUT2D eigenvalue weighted by molar-refractivity contribution is 5.87. The standard InChI is InChI=1S/C20H19F3N2O.C11H8N2O2/c21-20(22,23)15-5-7-16(8-6-15)26-17-9-11-25(12-10-17)19-13-14-3-1-2-4-18(14)24-19;14-11(15)9-6-12-10(13-7-9)8-4-2-1-3-5-8/h1-8,13,17,24H,9-12H2;1-7H,(H,14,15). The van der Waals surface area contributed by atoms with Crippen LogP contribution >= 0.6 is 0 Å². The Morgan fingerprint density at radius 3 is 2.15 bits per heavy atom. The van der Waals surface area contributed by atoms with E-state index in [1.807, 2.05) is 42.5 Å². The molecule has 3 aromatic carbocycles. The first-order valence-corrected chi connectivity index (χ1v) is 13.0. The second-order valence-corrected chi connectivity index (χ2v) is 9.53. The molecule has 7 nitrogen and oxygen atoms in total. The average molecular weight is 561 g/mol. The maximum absolute atomic E-state index is 12.6. The Balaban J connectivity index is 0.000000191. The number of aromatic nitrogens is 3. The third-order valence-corrected chi connectivity index (χ3v) is 6.71. The van der Waals surface area contributed by atoms with E-state index >= 15 is 0 Å². The summed E-state index contributed by atoms with van der Waals surface area (Å²) in [6.07, 6.45) is -0.0293. The number of ether oxygens (including phenoxy) is 1. The van der Waals surface area contributed by atoms with Crippen LogP contribution in [0.5, 0.6) is 5.75 Å². The third kappa shape index (κ3) is 7.02. The van der Waals surface area contributed by atoms with Gasteiger partial charge in [-0.05, 0) is 36.4 Å². The maximum Gasteiger partial charge on any atom is 0.416 e. The fourth-order valence-electron chi connectivity index (χ4n) is 4.53. The Kier molecular flexibility index (Phi) is 8.19. The number of alkyl halides is 3. The zero-order valence-electron chi connectivity index (χ0n) is 21.9. The number of nitrogens with one attached hydrogen (secondary N) is 1. The van der Waals surface area contributed by atoms with Crippen molar-refractivity contribution in [3.63, 3.8) is 0 Å². The summed E-state index contributed by atoms with van der Waals surface area (Å²) in [6.45, 7) is 1.69.